The molecular weight excluding hydrogens is 479 g/mol. The number of rotatable bonds is 8. The maximum absolute atomic E-state index is 12.5. The number of thiophene rings is 1. The topological polar surface area (TPSA) is 76.5 Å². The average molecular weight is 504 g/mol. The summed E-state index contributed by atoms with van der Waals surface area (Å²) < 4.78 is 53.9. The van der Waals surface area contributed by atoms with Crippen LogP contribution in [0.1, 0.15) is 25.7 Å². The monoisotopic (exact) mass is 503 g/mol. The Morgan fingerprint density at radius 2 is 1.86 bits per heavy atom. The van der Waals surface area contributed by atoms with E-state index in [2.05, 4.69) is 15.0 Å². The molecule has 2 aromatic heterocycles. The van der Waals surface area contributed by atoms with Crippen molar-refractivity contribution in [2.24, 2.45) is 5.92 Å². The number of fused-ring (bicyclic) bond motifs is 1. The molecule has 2 N–H and O–H groups in total. The molecule has 35 heavy (non-hydrogen) atoms. The number of allylic oxidation sites excluding steroid dienone is 1. The van der Waals surface area contributed by atoms with E-state index in [1.165, 1.54) is 23.5 Å². The Morgan fingerprint density at radius 1 is 1.11 bits per heavy atom. The summed E-state index contributed by atoms with van der Waals surface area (Å²) in [6, 6.07) is 9.81. The number of halogens is 3. The molecule has 0 unspecified atom stereocenters. The van der Waals surface area contributed by atoms with Gasteiger partial charge in [-0.2, -0.15) is 0 Å². The van der Waals surface area contributed by atoms with E-state index in [-0.39, 0.29) is 11.7 Å². The fraction of sp³-hybridized carbons (Fsp3) is 0.360. The van der Waals surface area contributed by atoms with Gasteiger partial charge in [0, 0.05) is 48.5 Å². The normalized spacial score (nSPS) is 17.4. The van der Waals surface area contributed by atoms with Gasteiger partial charge >= 0.3 is 6.36 Å². The molecule has 1 aliphatic heterocycles. The first-order valence-corrected chi connectivity index (χ1v) is 12.2. The summed E-state index contributed by atoms with van der Waals surface area (Å²) in [5.41, 5.74) is 1.91. The molecule has 3 heterocycles. The van der Waals surface area contributed by atoms with Gasteiger partial charge in [0.25, 0.3) is 0 Å². The summed E-state index contributed by atoms with van der Waals surface area (Å²) in [7, 11) is 0. The molecular formula is C25H24F3N3O3S. The fourth-order valence-corrected chi connectivity index (χ4v) is 4.94. The minimum Gasteiger partial charge on any atom is -0.452 e. The molecule has 0 radical (unpaired) electrons. The fourth-order valence-electron chi connectivity index (χ4n) is 3.87. The molecule has 0 spiro atoms. The Kier molecular flexibility index (Phi) is 6.66. The number of ether oxygens (including phenoxy) is 3. The first kappa shape index (κ1) is 23.6. The molecule has 1 saturated heterocycles. The summed E-state index contributed by atoms with van der Waals surface area (Å²) in [6.07, 6.45) is 2.50. The zero-order valence-electron chi connectivity index (χ0n) is 18.7. The van der Waals surface area contributed by atoms with E-state index < -0.39 is 6.36 Å². The molecule has 0 bridgehead atoms. The van der Waals surface area contributed by atoms with E-state index >= 15 is 0 Å². The number of pyridine rings is 1. The van der Waals surface area contributed by atoms with Crippen LogP contribution in [0.2, 0.25) is 0 Å². The van der Waals surface area contributed by atoms with Crippen LogP contribution < -0.4 is 14.8 Å². The maximum atomic E-state index is 12.5. The van der Waals surface area contributed by atoms with Crippen molar-refractivity contribution in [3.8, 4) is 21.9 Å². The highest BCUT2D eigenvalue weighted by Gasteiger charge is 2.31. The predicted molar refractivity (Wildman–Crippen MR) is 128 cm³/mol. The Balaban J connectivity index is 1.40. The van der Waals surface area contributed by atoms with E-state index in [9.17, 15) is 13.2 Å². The van der Waals surface area contributed by atoms with Gasteiger partial charge in [0.15, 0.2) is 5.76 Å². The third kappa shape index (κ3) is 5.94. The van der Waals surface area contributed by atoms with Gasteiger partial charge in [0.1, 0.15) is 11.5 Å². The van der Waals surface area contributed by atoms with Crippen molar-refractivity contribution in [1.29, 1.82) is 5.41 Å². The van der Waals surface area contributed by atoms with Gasteiger partial charge in [-0.3, -0.25) is 4.98 Å². The maximum Gasteiger partial charge on any atom is 0.573 e. The van der Waals surface area contributed by atoms with Crippen molar-refractivity contribution in [3.05, 3.63) is 54.6 Å². The summed E-state index contributed by atoms with van der Waals surface area (Å²) >= 11 is 1.43. The molecule has 10 heteroatoms. The first-order valence-electron chi connectivity index (χ1n) is 11.4. The van der Waals surface area contributed by atoms with Crippen molar-refractivity contribution in [1.82, 2.24) is 10.3 Å². The van der Waals surface area contributed by atoms with Crippen LogP contribution in [-0.4, -0.2) is 36.3 Å². The number of nitrogens with one attached hydrogen (secondary N) is 2. The third-order valence-corrected chi connectivity index (χ3v) is 7.08. The molecule has 1 aliphatic carbocycles. The Morgan fingerprint density at radius 3 is 2.54 bits per heavy atom. The average Bonchev–Trinajstić information content (AvgIpc) is 3.57. The number of nitrogens with zero attached hydrogens (tertiary/aromatic N) is 1. The second-order valence-corrected chi connectivity index (χ2v) is 9.61. The number of alkyl halides is 3. The second kappa shape index (κ2) is 9.87. The highest BCUT2D eigenvalue weighted by Crippen LogP contribution is 2.39. The van der Waals surface area contributed by atoms with E-state index in [0.717, 1.165) is 40.8 Å². The molecule has 0 atom stereocenters. The molecule has 2 aliphatic rings. The lowest BCUT2D eigenvalue weighted by Crippen LogP contribution is -2.27. The molecule has 6 nitrogen and oxygen atoms in total. The van der Waals surface area contributed by atoms with Crippen molar-refractivity contribution in [2.75, 3.05) is 13.2 Å². The highest BCUT2D eigenvalue weighted by atomic mass is 32.1. The lowest BCUT2D eigenvalue weighted by atomic mass is 9.93. The third-order valence-electron chi connectivity index (χ3n) is 5.89. The van der Waals surface area contributed by atoms with Crippen LogP contribution in [0.25, 0.3) is 20.7 Å². The summed E-state index contributed by atoms with van der Waals surface area (Å²) in [5.74, 6) is 0.877. The highest BCUT2D eigenvalue weighted by molar-refractivity contribution is 7.22. The van der Waals surface area contributed by atoms with E-state index in [1.54, 1.807) is 30.6 Å². The van der Waals surface area contributed by atoms with Gasteiger partial charge in [-0.25, -0.2) is 0 Å². The Labute approximate surface area is 204 Å². The lowest BCUT2D eigenvalue weighted by Gasteiger charge is -2.24. The Bertz CT molecular complexity index is 1230. The molecule has 184 valence electrons. The van der Waals surface area contributed by atoms with Crippen molar-refractivity contribution in [2.45, 2.75) is 38.1 Å². The van der Waals surface area contributed by atoms with E-state index in [4.69, 9.17) is 14.9 Å². The number of benzene rings is 1. The van der Waals surface area contributed by atoms with Crippen LogP contribution in [0.15, 0.2) is 54.6 Å². The SMILES string of the molecule is N=C(/C(=C\NC1CC1)Oc1ccnc2cc(-c3ccc(OC(F)(F)F)cc3)sc12)C1CCOCC1. The second-order valence-electron chi connectivity index (χ2n) is 8.56. The van der Waals surface area contributed by atoms with Crippen LogP contribution in [0, 0.1) is 11.3 Å². The van der Waals surface area contributed by atoms with Gasteiger partial charge in [0.2, 0.25) is 0 Å². The largest absolute Gasteiger partial charge is 0.573 e. The van der Waals surface area contributed by atoms with E-state index in [0.29, 0.717) is 42.0 Å². The van der Waals surface area contributed by atoms with Crippen molar-refractivity contribution >= 4 is 27.3 Å². The zero-order valence-corrected chi connectivity index (χ0v) is 19.5. The molecule has 0 amide bonds. The summed E-state index contributed by atoms with van der Waals surface area (Å²) in [6.45, 7) is 1.27. The predicted octanol–water partition coefficient (Wildman–Crippen LogP) is 6.28. The summed E-state index contributed by atoms with van der Waals surface area (Å²) in [4.78, 5) is 5.27. The smallest absolute Gasteiger partial charge is 0.452 e. The van der Waals surface area contributed by atoms with Crippen molar-refractivity contribution in [3.63, 3.8) is 0 Å². The number of hydrogen-bond donors (Lipinski definition) is 2. The van der Waals surface area contributed by atoms with Crippen LogP contribution in [-0.2, 0) is 4.74 Å². The first-order chi connectivity index (χ1) is 16.9. The quantitative estimate of drug-likeness (QED) is 0.280. The molecule has 2 fully saturated rings. The van der Waals surface area contributed by atoms with Gasteiger partial charge in [-0.15, -0.1) is 24.5 Å². The minimum atomic E-state index is -4.73. The van der Waals surface area contributed by atoms with Crippen LogP contribution in [0.4, 0.5) is 13.2 Å². The van der Waals surface area contributed by atoms with Crippen LogP contribution in [0.3, 0.4) is 0 Å². The molecule has 5 rings (SSSR count). The standard InChI is InChI=1S/C25H24F3N3O3S/c26-25(27,28)34-18-5-1-15(2-6-18)22-13-19-24(35-22)20(7-10-30-19)33-21(14-31-17-3-4-17)23(29)16-8-11-32-12-9-16/h1-2,5-7,10,13-14,16-17,29,31H,3-4,8-9,11-12H2/b21-14+,29-23?. The van der Waals surface area contributed by atoms with Gasteiger partial charge in [-0.05, 0) is 61.6 Å². The van der Waals surface area contributed by atoms with E-state index in [1.807, 2.05) is 6.07 Å². The molecule has 3 aromatic rings. The van der Waals surface area contributed by atoms with Crippen molar-refractivity contribution < 1.29 is 27.4 Å². The van der Waals surface area contributed by atoms with Gasteiger partial charge < -0.3 is 24.9 Å². The molecule has 1 aromatic carbocycles. The van der Waals surface area contributed by atoms with Gasteiger partial charge in [0.05, 0.1) is 15.9 Å². The van der Waals surface area contributed by atoms with Crippen LogP contribution >= 0.6 is 11.3 Å². The molecule has 1 saturated carbocycles. The zero-order chi connectivity index (χ0) is 24.4. The lowest BCUT2D eigenvalue weighted by molar-refractivity contribution is -0.274. The van der Waals surface area contributed by atoms with Crippen LogP contribution in [0.5, 0.6) is 11.5 Å². The number of hydrogen-bond acceptors (Lipinski definition) is 7. The number of aromatic nitrogens is 1. The van der Waals surface area contributed by atoms with Gasteiger partial charge in [-0.1, -0.05) is 0 Å². The minimum absolute atomic E-state index is 0.0738. The summed E-state index contributed by atoms with van der Waals surface area (Å²) in [5, 5.41) is 12.1. The Hall–Kier alpha value is -3.11.